The number of carbonyl (C=O) groups is 2. The molecule has 1 aromatic carbocycles. The number of aliphatic hydroxyl groups is 1. The van der Waals surface area contributed by atoms with Gasteiger partial charge in [0.1, 0.15) is 28.8 Å². The first-order valence-electron chi connectivity index (χ1n) is 8.39. The van der Waals surface area contributed by atoms with Crippen molar-refractivity contribution in [1.29, 1.82) is 0 Å². The third kappa shape index (κ3) is 3.23. The van der Waals surface area contributed by atoms with Gasteiger partial charge in [-0.05, 0) is 46.6 Å². The minimum atomic E-state index is -0.985. The van der Waals surface area contributed by atoms with Gasteiger partial charge in [0.05, 0.1) is 12.7 Å². The van der Waals surface area contributed by atoms with E-state index in [1.807, 2.05) is 6.92 Å². The average molecular weight is 476 g/mol. The third-order valence-electron chi connectivity index (χ3n) is 4.54. The lowest BCUT2D eigenvalue weighted by atomic mass is 9.98. The molecule has 3 heterocycles. The van der Waals surface area contributed by atoms with Crippen LogP contribution in [0.4, 0.5) is 5.13 Å². The summed E-state index contributed by atoms with van der Waals surface area (Å²) in [5, 5.41) is 18.9. The molecule has 1 atom stereocenters. The minimum Gasteiger partial charge on any atom is -0.507 e. The summed E-state index contributed by atoms with van der Waals surface area (Å²) in [7, 11) is 1.51. The van der Waals surface area contributed by atoms with E-state index < -0.39 is 17.7 Å². The van der Waals surface area contributed by atoms with E-state index in [0.717, 1.165) is 16.9 Å². The lowest BCUT2D eigenvalue weighted by Crippen LogP contribution is -2.29. The number of aliphatic hydroxyl groups excluding tert-OH is 1. The van der Waals surface area contributed by atoms with Gasteiger partial charge >= 0.3 is 5.91 Å². The van der Waals surface area contributed by atoms with Gasteiger partial charge in [-0.3, -0.25) is 14.5 Å². The fourth-order valence-corrected chi connectivity index (χ4v) is 4.07. The number of amides is 1. The zero-order valence-electron chi connectivity index (χ0n) is 15.2. The van der Waals surface area contributed by atoms with Crippen molar-refractivity contribution in [3.8, 4) is 5.75 Å². The van der Waals surface area contributed by atoms with Gasteiger partial charge in [0, 0.05) is 5.56 Å². The van der Waals surface area contributed by atoms with E-state index in [9.17, 15) is 14.7 Å². The Labute approximate surface area is 177 Å². The monoisotopic (exact) mass is 475 g/mol. The van der Waals surface area contributed by atoms with Crippen LogP contribution in [0.2, 0.25) is 0 Å². The Morgan fingerprint density at radius 1 is 1.31 bits per heavy atom. The van der Waals surface area contributed by atoms with Crippen LogP contribution in [-0.4, -0.2) is 34.1 Å². The van der Waals surface area contributed by atoms with Crippen LogP contribution < -0.4 is 9.64 Å². The van der Waals surface area contributed by atoms with Crippen LogP contribution in [0.15, 0.2) is 50.5 Å². The summed E-state index contributed by atoms with van der Waals surface area (Å²) in [6.45, 7) is 1.86. The van der Waals surface area contributed by atoms with Crippen LogP contribution in [0.1, 0.15) is 22.9 Å². The third-order valence-corrected chi connectivity index (χ3v) is 5.66. The van der Waals surface area contributed by atoms with Crippen molar-refractivity contribution in [3.05, 3.63) is 63.0 Å². The number of hydrogen-bond donors (Lipinski definition) is 1. The van der Waals surface area contributed by atoms with Crippen molar-refractivity contribution in [1.82, 2.24) is 10.2 Å². The number of Topliss-reactive ketones (excluding diaryl/α,β-unsaturated/α-hetero) is 1. The number of furan rings is 1. The van der Waals surface area contributed by atoms with Crippen LogP contribution in [-0.2, 0) is 9.59 Å². The summed E-state index contributed by atoms with van der Waals surface area (Å²) in [5.74, 6) is -1.14. The van der Waals surface area contributed by atoms with Crippen molar-refractivity contribution >= 4 is 49.8 Å². The zero-order valence-corrected chi connectivity index (χ0v) is 17.7. The smallest absolute Gasteiger partial charge is 0.302 e. The summed E-state index contributed by atoms with van der Waals surface area (Å²) in [6.07, 6.45) is 0. The largest absolute Gasteiger partial charge is 0.507 e. The van der Waals surface area contributed by atoms with Crippen molar-refractivity contribution in [2.24, 2.45) is 0 Å². The average Bonchev–Trinajstić information content (AvgIpc) is 3.43. The number of carbonyl (C=O) groups excluding carboxylic acids is 2. The van der Waals surface area contributed by atoms with E-state index in [0.29, 0.717) is 21.7 Å². The molecule has 0 radical (unpaired) electrons. The second-order valence-corrected chi connectivity index (χ2v) is 7.81. The maximum atomic E-state index is 12.9. The maximum Gasteiger partial charge on any atom is 0.302 e. The SMILES string of the molecule is COc1cc(/C(O)=C2\C(=O)C(=O)N(c3nncs3)C2c2ccc(Br)o2)ccc1C. The molecule has 1 aliphatic heterocycles. The quantitative estimate of drug-likeness (QED) is 0.347. The number of benzene rings is 1. The number of hydrogen-bond acceptors (Lipinski definition) is 8. The van der Waals surface area contributed by atoms with E-state index in [-0.39, 0.29) is 16.5 Å². The Balaban J connectivity index is 1.93. The first-order chi connectivity index (χ1) is 13.9. The number of anilines is 1. The molecule has 0 aliphatic carbocycles. The number of nitrogens with zero attached hydrogens (tertiary/aromatic N) is 3. The van der Waals surface area contributed by atoms with Gasteiger partial charge in [0.15, 0.2) is 4.67 Å². The van der Waals surface area contributed by atoms with Crippen LogP contribution in [0.25, 0.3) is 5.76 Å². The predicted octanol–water partition coefficient (Wildman–Crippen LogP) is 3.84. The molecule has 148 valence electrons. The molecule has 0 spiro atoms. The van der Waals surface area contributed by atoms with Crippen LogP contribution in [0, 0.1) is 6.92 Å². The lowest BCUT2D eigenvalue weighted by Gasteiger charge is -2.20. The predicted molar refractivity (Wildman–Crippen MR) is 109 cm³/mol. The van der Waals surface area contributed by atoms with Gasteiger partial charge in [-0.2, -0.15) is 0 Å². The van der Waals surface area contributed by atoms with E-state index in [4.69, 9.17) is 9.15 Å². The Morgan fingerprint density at radius 3 is 2.72 bits per heavy atom. The number of halogens is 1. The highest BCUT2D eigenvalue weighted by molar-refractivity contribution is 9.10. The Hall–Kier alpha value is -2.98. The molecular formula is C19H14BrN3O5S. The standard InChI is InChI=1S/C19H14BrN3O5S/c1-9-3-4-10(7-12(9)27-2)16(24)14-15(11-5-6-13(20)28-11)23(18(26)17(14)25)19-22-21-8-29-19/h3-8,15,24H,1-2H3/b16-14+. The summed E-state index contributed by atoms with van der Waals surface area (Å²) in [6, 6.07) is 7.30. The molecular weight excluding hydrogens is 462 g/mol. The number of ether oxygens (including phenoxy) is 1. The van der Waals surface area contributed by atoms with Crippen molar-refractivity contribution < 1.29 is 23.8 Å². The highest BCUT2D eigenvalue weighted by atomic mass is 79.9. The summed E-state index contributed by atoms with van der Waals surface area (Å²) in [5.41, 5.74) is 2.57. The number of rotatable bonds is 4. The molecule has 8 nitrogen and oxygen atoms in total. The highest BCUT2D eigenvalue weighted by Crippen LogP contribution is 2.43. The molecule has 1 aliphatic rings. The molecule has 0 bridgehead atoms. The van der Waals surface area contributed by atoms with Gasteiger partial charge in [0.2, 0.25) is 5.13 Å². The van der Waals surface area contributed by atoms with Crippen LogP contribution in [0.3, 0.4) is 0 Å². The number of methoxy groups -OCH3 is 1. The summed E-state index contributed by atoms with van der Waals surface area (Å²) < 4.78 is 11.4. The Kier molecular flexibility index (Phi) is 4.97. The second kappa shape index (κ2) is 7.45. The van der Waals surface area contributed by atoms with Crippen molar-refractivity contribution in [3.63, 3.8) is 0 Å². The molecule has 10 heteroatoms. The molecule has 1 N–H and O–H groups in total. The lowest BCUT2D eigenvalue weighted by molar-refractivity contribution is -0.132. The van der Waals surface area contributed by atoms with Gasteiger partial charge in [0.25, 0.3) is 5.78 Å². The molecule has 3 aromatic rings. The maximum absolute atomic E-state index is 12.9. The molecule has 29 heavy (non-hydrogen) atoms. The fraction of sp³-hybridized carbons (Fsp3) is 0.158. The van der Waals surface area contributed by atoms with E-state index in [1.165, 1.54) is 17.5 Å². The van der Waals surface area contributed by atoms with Gasteiger partial charge < -0.3 is 14.3 Å². The van der Waals surface area contributed by atoms with Crippen molar-refractivity contribution in [2.75, 3.05) is 12.0 Å². The van der Waals surface area contributed by atoms with E-state index >= 15 is 0 Å². The van der Waals surface area contributed by atoms with Gasteiger partial charge in [-0.15, -0.1) is 10.2 Å². The molecule has 1 saturated heterocycles. The molecule has 4 rings (SSSR count). The number of aromatic nitrogens is 2. The highest BCUT2D eigenvalue weighted by Gasteiger charge is 2.49. The molecule has 1 amide bonds. The van der Waals surface area contributed by atoms with Crippen LogP contribution >= 0.6 is 27.3 Å². The zero-order chi connectivity index (χ0) is 20.7. The molecule has 0 saturated carbocycles. The molecule has 1 fully saturated rings. The minimum absolute atomic E-state index is 0.0991. The van der Waals surface area contributed by atoms with E-state index in [2.05, 4.69) is 26.1 Å². The fourth-order valence-electron chi connectivity index (χ4n) is 3.17. The normalized spacial score (nSPS) is 18.4. The first kappa shape index (κ1) is 19.3. The molecule has 2 aromatic heterocycles. The Morgan fingerprint density at radius 2 is 2.10 bits per heavy atom. The van der Waals surface area contributed by atoms with Crippen molar-refractivity contribution in [2.45, 2.75) is 13.0 Å². The first-order valence-corrected chi connectivity index (χ1v) is 10.1. The molecule has 1 unspecified atom stereocenters. The van der Waals surface area contributed by atoms with Gasteiger partial charge in [-0.1, -0.05) is 23.5 Å². The summed E-state index contributed by atoms with van der Waals surface area (Å²) in [4.78, 5) is 26.9. The second-order valence-electron chi connectivity index (χ2n) is 6.22. The van der Waals surface area contributed by atoms with E-state index in [1.54, 1.807) is 30.3 Å². The number of ketones is 1. The van der Waals surface area contributed by atoms with Gasteiger partial charge in [-0.25, -0.2) is 0 Å². The van der Waals surface area contributed by atoms with Crippen LogP contribution in [0.5, 0.6) is 5.75 Å². The summed E-state index contributed by atoms with van der Waals surface area (Å²) >= 11 is 4.33. The Bertz CT molecular complexity index is 1140. The number of aryl methyl sites for hydroxylation is 1. The topological polar surface area (TPSA) is 106 Å².